The first-order valence-corrected chi connectivity index (χ1v) is 7.98. The predicted octanol–water partition coefficient (Wildman–Crippen LogP) is 4.30. The van der Waals surface area contributed by atoms with Gasteiger partial charge in [-0.25, -0.2) is 0 Å². The molecule has 1 rings (SSSR count). The van der Waals surface area contributed by atoms with E-state index in [1.807, 2.05) is 25.1 Å². The van der Waals surface area contributed by atoms with Crippen LogP contribution in [0.2, 0.25) is 0 Å². The lowest BCUT2D eigenvalue weighted by atomic mass is 10.0. The molecule has 100 valence electrons. The van der Waals surface area contributed by atoms with Gasteiger partial charge in [0.15, 0.2) is 0 Å². The van der Waals surface area contributed by atoms with Crippen LogP contribution >= 0.6 is 31.9 Å². The van der Waals surface area contributed by atoms with Gasteiger partial charge in [-0.05, 0) is 43.0 Å². The summed E-state index contributed by atoms with van der Waals surface area (Å²) in [6, 6.07) is 5.92. The Morgan fingerprint density at radius 1 is 1.33 bits per heavy atom. The summed E-state index contributed by atoms with van der Waals surface area (Å²) in [6.45, 7) is 6.30. The molecule has 0 aliphatic heterocycles. The standard InChI is InChI=1S/C14H19Br2NO/c1-9(2)4-13(8-15)17-14(18)11-5-10(3)6-12(16)7-11/h5-7,9,13H,4,8H2,1-3H3,(H,17,18). The Labute approximate surface area is 126 Å². The van der Waals surface area contributed by atoms with Crippen molar-refractivity contribution >= 4 is 37.8 Å². The van der Waals surface area contributed by atoms with Gasteiger partial charge in [0.1, 0.15) is 0 Å². The van der Waals surface area contributed by atoms with Gasteiger partial charge in [-0.2, -0.15) is 0 Å². The molecule has 1 aromatic carbocycles. The number of aryl methyl sites for hydroxylation is 1. The number of rotatable bonds is 5. The van der Waals surface area contributed by atoms with E-state index in [2.05, 4.69) is 51.0 Å². The summed E-state index contributed by atoms with van der Waals surface area (Å²) in [6.07, 6.45) is 0.976. The number of amides is 1. The average Bonchev–Trinajstić information content (AvgIpc) is 2.26. The molecule has 1 unspecified atom stereocenters. The van der Waals surface area contributed by atoms with E-state index >= 15 is 0 Å². The van der Waals surface area contributed by atoms with Crippen LogP contribution in [0.1, 0.15) is 36.2 Å². The van der Waals surface area contributed by atoms with Crippen LogP contribution < -0.4 is 5.32 Å². The topological polar surface area (TPSA) is 29.1 Å². The molecule has 0 saturated carbocycles. The summed E-state index contributed by atoms with van der Waals surface area (Å²) >= 11 is 6.87. The summed E-state index contributed by atoms with van der Waals surface area (Å²) in [4.78, 5) is 12.1. The highest BCUT2D eigenvalue weighted by molar-refractivity contribution is 9.10. The molecular weight excluding hydrogens is 358 g/mol. The van der Waals surface area contributed by atoms with Gasteiger partial charge in [0, 0.05) is 21.4 Å². The van der Waals surface area contributed by atoms with Crippen LogP contribution in [-0.4, -0.2) is 17.3 Å². The zero-order chi connectivity index (χ0) is 13.7. The van der Waals surface area contributed by atoms with E-state index in [4.69, 9.17) is 0 Å². The maximum atomic E-state index is 12.1. The molecule has 4 heteroatoms. The van der Waals surface area contributed by atoms with E-state index in [-0.39, 0.29) is 11.9 Å². The summed E-state index contributed by atoms with van der Waals surface area (Å²) in [7, 11) is 0. The molecule has 1 atom stereocenters. The fourth-order valence-corrected chi connectivity index (χ4v) is 2.90. The van der Waals surface area contributed by atoms with E-state index in [0.717, 1.165) is 21.8 Å². The number of halogens is 2. The molecule has 0 aliphatic rings. The van der Waals surface area contributed by atoms with Crippen molar-refractivity contribution in [2.75, 3.05) is 5.33 Å². The first-order chi connectivity index (χ1) is 8.42. The SMILES string of the molecule is Cc1cc(Br)cc(C(=O)NC(CBr)CC(C)C)c1. The molecular formula is C14H19Br2NO. The number of carbonyl (C=O) groups is 1. The highest BCUT2D eigenvalue weighted by atomic mass is 79.9. The highest BCUT2D eigenvalue weighted by Gasteiger charge is 2.14. The van der Waals surface area contributed by atoms with Crippen LogP contribution in [-0.2, 0) is 0 Å². The van der Waals surface area contributed by atoms with Crippen molar-refractivity contribution in [1.82, 2.24) is 5.32 Å². The Morgan fingerprint density at radius 2 is 2.00 bits per heavy atom. The Balaban J connectivity index is 2.74. The van der Waals surface area contributed by atoms with Gasteiger partial charge in [-0.3, -0.25) is 4.79 Å². The van der Waals surface area contributed by atoms with Crippen molar-refractivity contribution in [1.29, 1.82) is 0 Å². The minimum atomic E-state index is -0.00972. The molecule has 0 aliphatic carbocycles. The number of hydrogen-bond acceptors (Lipinski definition) is 1. The molecule has 0 bridgehead atoms. The third kappa shape index (κ3) is 5.11. The third-order valence-electron chi connectivity index (χ3n) is 2.58. The lowest BCUT2D eigenvalue weighted by molar-refractivity contribution is 0.0937. The first-order valence-electron chi connectivity index (χ1n) is 6.06. The fourth-order valence-electron chi connectivity index (χ4n) is 1.87. The van der Waals surface area contributed by atoms with Crippen LogP contribution in [0.4, 0.5) is 0 Å². The summed E-state index contributed by atoms with van der Waals surface area (Å²) < 4.78 is 0.937. The molecule has 1 amide bonds. The van der Waals surface area contributed by atoms with Crippen molar-refractivity contribution in [3.8, 4) is 0 Å². The van der Waals surface area contributed by atoms with Gasteiger partial charge < -0.3 is 5.32 Å². The van der Waals surface area contributed by atoms with E-state index in [1.165, 1.54) is 0 Å². The fraction of sp³-hybridized carbons (Fsp3) is 0.500. The van der Waals surface area contributed by atoms with Crippen molar-refractivity contribution in [3.05, 3.63) is 33.8 Å². The molecule has 0 fully saturated rings. The molecule has 2 nitrogen and oxygen atoms in total. The van der Waals surface area contributed by atoms with Gasteiger partial charge in [-0.15, -0.1) is 0 Å². The number of hydrogen-bond donors (Lipinski definition) is 1. The zero-order valence-corrected chi connectivity index (χ0v) is 14.1. The number of alkyl halides is 1. The molecule has 0 spiro atoms. The second kappa shape index (κ2) is 7.29. The second-order valence-corrected chi connectivity index (χ2v) is 6.53. The van der Waals surface area contributed by atoms with E-state index in [9.17, 15) is 4.79 Å². The zero-order valence-electron chi connectivity index (χ0n) is 11.0. The molecule has 18 heavy (non-hydrogen) atoms. The van der Waals surface area contributed by atoms with Crippen LogP contribution in [0, 0.1) is 12.8 Å². The minimum absolute atomic E-state index is 0.00972. The lowest BCUT2D eigenvalue weighted by Crippen LogP contribution is -2.37. The second-order valence-electron chi connectivity index (χ2n) is 4.97. The van der Waals surface area contributed by atoms with Crippen LogP contribution in [0.25, 0.3) is 0 Å². The van der Waals surface area contributed by atoms with Gasteiger partial charge in [-0.1, -0.05) is 45.7 Å². The van der Waals surface area contributed by atoms with E-state index in [0.29, 0.717) is 11.5 Å². The third-order valence-corrected chi connectivity index (χ3v) is 3.82. The monoisotopic (exact) mass is 375 g/mol. The predicted molar refractivity (Wildman–Crippen MR) is 83.4 cm³/mol. The first kappa shape index (κ1) is 15.7. The van der Waals surface area contributed by atoms with E-state index in [1.54, 1.807) is 0 Å². The number of nitrogens with one attached hydrogen (secondary N) is 1. The Hall–Kier alpha value is -0.350. The largest absolute Gasteiger partial charge is 0.348 e. The molecule has 1 aromatic rings. The maximum absolute atomic E-state index is 12.1. The van der Waals surface area contributed by atoms with Gasteiger partial charge in [0.2, 0.25) is 0 Å². The van der Waals surface area contributed by atoms with Crippen LogP contribution in [0.15, 0.2) is 22.7 Å². The molecule has 0 heterocycles. The number of carbonyl (C=O) groups excluding carboxylic acids is 1. The van der Waals surface area contributed by atoms with Crippen LogP contribution in [0.3, 0.4) is 0 Å². The molecule has 0 aromatic heterocycles. The summed E-state index contributed by atoms with van der Waals surface area (Å²) in [5, 5.41) is 3.84. The lowest BCUT2D eigenvalue weighted by Gasteiger charge is -2.18. The van der Waals surface area contributed by atoms with Gasteiger partial charge >= 0.3 is 0 Å². The normalized spacial score (nSPS) is 12.6. The molecule has 0 radical (unpaired) electrons. The Kier molecular flexibility index (Phi) is 6.36. The maximum Gasteiger partial charge on any atom is 0.251 e. The van der Waals surface area contributed by atoms with Gasteiger partial charge in [0.05, 0.1) is 0 Å². The summed E-state index contributed by atoms with van der Waals surface area (Å²) in [5.74, 6) is 0.557. The Bertz CT molecular complexity index is 398. The van der Waals surface area contributed by atoms with Crippen molar-refractivity contribution in [2.24, 2.45) is 5.92 Å². The smallest absolute Gasteiger partial charge is 0.251 e. The highest BCUT2D eigenvalue weighted by Crippen LogP contribution is 2.16. The van der Waals surface area contributed by atoms with E-state index < -0.39 is 0 Å². The van der Waals surface area contributed by atoms with Crippen molar-refractivity contribution in [2.45, 2.75) is 33.2 Å². The van der Waals surface area contributed by atoms with Crippen molar-refractivity contribution in [3.63, 3.8) is 0 Å². The molecule has 0 saturated heterocycles. The Morgan fingerprint density at radius 3 is 2.50 bits per heavy atom. The summed E-state index contributed by atoms with van der Waals surface area (Å²) in [5.41, 5.74) is 1.78. The minimum Gasteiger partial charge on any atom is -0.348 e. The van der Waals surface area contributed by atoms with Crippen molar-refractivity contribution < 1.29 is 4.79 Å². The molecule has 1 N–H and O–H groups in total. The average molecular weight is 377 g/mol. The quantitative estimate of drug-likeness (QED) is 0.762. The van der Waals surface area contributed by atoms with Gasteiger partial charge in [0.25, 0.3) is 5.91 Å². The number of benzene rings is 1. The van der Waals surface area contributed by atoms with Crippen LogP contribution in [0.5, 0.6) is 0 Å².